The van der Waals surface area contributed by atoms with Gasteiger partial charge in [0.25, 0.3) is 0 Å². The summed E-state index contributed by atoms with van der Waals surface area (Å²) in [5.74, 6) is -0.437. The average Bonchev–Trinajstić information content (AvgIpc) is 2.61. The van der Waals surface area contributed by atoms with Crippen LogP contribution in [-0.4, -0.2) is 34.5 Å². The normalized spacial score (nSPS) is 25.6. The van der Waals surface area contributed by atoms with Gasteiger partial charge in [-0.25, -0.2) is 0 Å². The van der Waals surface area contributed by atoms with Crippen LogP contribution in [0.1, 0.15) is 25.8 Å². The van der Waals surface area contributed by atoms with E-state index in [9.17, 15) is 9.59 Å². The molecule has 0 aromatic heterocycles. The molecular formula is C14H17NO3. The number of aliphatic hydroxyl groups is 1. The molecule has 2 unspecified atom stereocenters. The van der Waals surface area contributed by atoms with E-state index in [1.54, 1.807) is 13.8 Å². The summed E-state index contributed by atoms with van der Waals surface area (Å²) in [5.41, 5.74) is 0.0397. The SMILES string of the molecule is CC(CO)N1C(=O)CC(C)(c2ccccc2)C1=O. The lowest BCUT2D eigenvalue weighted by atomic mass is 9.81. The fourth-order valence-corrected chi connectivity index (χ4v) is 2.40. The van der Waals surface area contributed by atoms with Gasteiger partial charge < -0.3 is 5.11 Å². The number of likely N-dealkylation sites (tertiary alicyclic amines) is 1. The van der Waals surface area contributed by atoms with Crippen molar-refractivity contribution in [2.45, 2.75) is 31.7 Å². The molecule has 1 fully saturated rings. The Morgan fingerprint density at radius 1 is 1.33 bits per heavy atom. The maximum atomic E-state index is 12.4. The maximum Gasteiger partial charge on any atom is 0.240 e. The molecule has 1 heterocycles. The Kier molecular flexibility index (Phi) is 3.22. The number of benzene rings is 1. The van der Waals surface area contributed by atoms with Crippen LogP contribution in [0.4, 0.5) is 0 Å². The first kappa shape index (κ1) is 12.8. The number of carbonyl (C=O) groups is 2. The fraction of sp³-hybridized carbons (Fsp3) is 0.429. The number of imide groups is 1. The van der Waals surface area contributed by atoms with Crippen molar-refractivity contribution < 1.29 is 14.7 Å². The first-order valence-corrected chi connectivity index (χ1v) is 6.03. The van der Waals surface area contributed by atoms with Crippen molar-refractivity contribution in [3.8, 4) is 0 Å². The van der Waals surface area contributed by atoms with E-state index >= 15 is 0 Å². The fourth-order valence-electron chi connectivity index (χ4n) is 2.40. The number of rotatable bonds is 3. The smallest absolute Gasteiger partial charge is 0.240 e. The van der Waals surface area contributed by atoms with E-state index in [1.165, 1.54) is 4.90 Å². The zero-order valence-corrected chi connectivity index (χ0v) is 10.6. The van der Waals surface area contributed by atoms with E-state index in [2.05, 4.69) is 0 Å². The highest BCUT2D eigenvalue weighted by atomic mass is 16.3. The third kappa shape index (κ3) is 1.82. The van der Waals surface area contributed by atoms with Crippen LogP contribution in [0.5, 0.6) is 0 Å². The molecule has 4 nitrogen and oxygen atoms in total. The quantitative estimate of drug-likeness (QED) is 0.813. The second kappa shape index (κ2) is 4.53. The lowest BCUT2D eigenvalue weighted by molar-refractivity contribution is -0.143. The summed E-state index contributed by atoms with van der Waals surface area (Å²) in [6.07, 6.45) is 0.167. The molecule has 2 amide bonds. The molecule has 96 valence electrons. The minimum Gasteiger partial charge on any atom is -0.394 e. The third-order valence-electron chi connectivity index (χ3n) is 3.58. The van der Waals surface area contributed by atoms with Gasteiger partial charge in [0.2, 0.25) is 11.8 Å². The van der Waals surface area contributed by atoms with E-state index < -0.39 is 11.5 Å². The predicted molar refractivity (Wildman–Crippen MR) is 66.8 cm³/mol. The van der Waals surface area contributed by atoms with E-state index in [0.29, 0.717) is 0 Å². The van der Waals surface area contributed by atoms with Crippen molar-refractivity contribution in [1.29, 1.82) is 0 Å². The molecule has 1 saturated heterocycles. The maximum absolute atomic E-state index is 12.4. The van der Waals surface area contributed by atoms with Crippen molar-refractivity contribution in [3.63, 3.8) is 0 Å². The van der Waals surface area contributed by atoms with Gasteiger partial charge in [0, 0.05) is 6.42 Å². The van der Waals surface area contributed by atoms with E-state index in [-0.39, 0.29) is 24.8 Å². The first-order valence-electron chi connectivity index (χ1n) is 6.03. The Labute approximate surface area is 106 Å². The van der Waals surface area contributed by atoms with Gasteiger partial charge >= 0.3 is 0 Å². The molecule has 1 aromatic carbocycles. The van der Waals surface area contributed by atoms with Crippen LogP contribution in [0.15, 0.2) is 30.3 Å². The van der Waals surface area contributed by atoms with Gasteiger partial charge in [-0.3, -0.25) is 14.5 Å². The van der Waals surface area contributed by atoms with E-state index in [0.717, 1.165) is 5.56 Å². The molecule has 2 atom stereocenters. The molecule has 18 heavy (non-hydrogen) atoms. The number of amides is 2. The van der Waals surface area contributed by atoms with Crippen molar-refractivity contribution in [1.82, 2.24) is 4.90 Å². The molecule has 4 heteroatoms. The van der Waals surface area contributed by atoms with Gasteiger partial charge in [0.05, 0.1) is 18.1 Å². The third-order valence-corrected chi connectivity index (χ3v) is 3.58. The Balaban J connectivity index is 2.38. The minimum atomic E-state index is -0.804. The molecule has 1 aliphatic rings. The number of hydrogen-bond acceptors (Lipinski definition) is 3. The Morgan fingerprint density at radius 2 is 1.94 bits per heavy atom. The molecular weight excluding hydrogens is 230 g/mol. The van der Waals surface area contributed by atoms with E-state index in [4.69, 9.17) is 5.11 Å². The van der Waals surface area contributed by atoms with Crippen LogP contribution in [0, 0.1) is 0 Å². The second-order valence-corrected chi connectivity index (χ2v) is 4.98. The molecule has 2 rings (SSSR count). The summed E-state index contributed by atoms with van der Waals surface area (Å²) in [4.78, 5) is 25.6. The summed E-state index contributed by atoms with van der Waals surface area (Å²) in [6, 6.07) is 8.85. The van der Waals surface area contributed by atoms with Gasteiger partial charge in [0.1, 0.15) is 0 Å². The van der Waals surface area contributed by atoms with Crippen molar-refractivity contribution in [2.75, 3.05) is 6.61 Å². The summed E-state index contributed by atoms with van der Waals surface area (Å²) >= 11 is 0. The number of nitrogens with zero attached hydrogens (tertiary/aromatic N) is 1. The van der Waals surface area contributed by atoms with Crippen LogP contribution in [-0.2, 0) is 15.0 Å². The van der Waals surface area contributed by atoms with Crippen LogP contribution >= 0.6 is 0 Å². The van der Waals surface area contributed by atoms with Gasteiger partial charge in [-0.05, 0) is 19.4 Å². The Bertz CT molecular complexity index is 471. The monoisotopic (exact) mass is 247 g/mol. The Hall–Kier alpha value is -1.68. The number of hydrogen-bond donors (Lipinski definition) is 1. The molecule has 1 aromatic rings. The minimum absolute atomic E-state index is 0.167. The van der Waals surface area contributed by atoms with Crippen LogP contribution in [0.3, 0.4) is 0 Å². The van der Waals surface area contributed by atoms with Crippen LogP contribution < -0.4 is 0 Å². The summed E-state index contributed by atoms with van der Waals surface area (Å²) in [5, 5.41) is 9.13. The highest BCUT2D eigenvalue weighted by Gasteiger charge is 2.50. The van der Waals surface area contributed by atoms with Gasteiger partial charge in [-0.1, -0.05) is 30.3 Å². The van der Waals surface area contributed by atoms with Crippen molar-refractivity contribution >= 4 is 11.8 Å². The molecule has 0 saturated carbocycles. The lowest BCUT2D eigenvalue weighted by Crippen LogP contribution is -2.43. The molecule has 0 bridgehead atoms. The standard InChI is InChI=1S/C14H17NO3/c1-10(9-16)15-12(17)8-14(2,13(15)18)11-6-4-3-5-7-11/h3-7,10,16H,8-9H2,1-2H3. The first-order chi connectivity index (χ1) is 8.50. The largest absolute Gasteiger partial charge is 0.394 e. The zero-order chi connectivity index (χ0) is 13.3. The summed E-state index contributed by atoms with van der Waals surface area (Å²) in [7, 11) is 0. The summed E-state index contributed by atoms with van der Waals surface area (Å²) < 4.78 is 0. The average molecular weight is 247 g/mol. The van der Waals surface area contributed by atoms with Crippen molar-refractivity contribution in [3.05, 3.63) is 35.9 Å². The molecule has 1 N–H and O–H groups in total. The molecule has 1 aliphatic heterocycles. The second-order valence-electron chi connectivity index (χ2n) is 4.98. The summed E-state index contributed by atoms with van der Waals surface area (Å²) in [6.45, 7) is 3.25. The highest BCUT2D eigenvalue weighted by molar-refractivity contribution is 6.09. The van der Waals surface area contributed by atoms with Crippen LogP contribution in [0.2, 0.25) is 0 Å². The van der Waals surface area contributed by atoms with Gasteiger partial charge in [-0.2, -0.15) is 0 Å². The van der Waals surface area contributed by atoms with E-state index in [1.807, 2.05) is 30.3 Å². The molecule has 0 radical (unpaired) electrons. The zero-order valence-electron chi connectivity index (χ0n) is 10.6. The predicted octanol–water partition coefficient (Wildman–Crippen LogP) is 1.08. The lowest BCUT2D eigenvalue weighted by Gasteiger charge is -2.25. The van der Waals surface area contributed by atoms with Crippen LogP contribution in [0.25, 0.3) is 0 Å². The highest BCUT2D eigenvalue weighted by Crippen LogP contribution is 2.36. The van der Waals surface area contributed by atoms with Crippen molar-refractivity contribution in [2.24, 2.45) is 0 Å². The van der Waals surface area contributed by atoms with Gasteiger partial charge in [-0.15, -0.1) is 0 Å². The topological polar surface area (TPSA) is 57.6 Å². The Morgan fingerprint density at radius 3 is 2.50 bits per heavy atom. The molecule has 0 aliphatic carbocycles. The molecule has 0 spiro atoms. The number of aliphatic hydroxyl groups excluding tert-OH is 1. The number of carbonyl (C=O) groups excluding carboxylic acids is 2. The van der Waals surface area contributed by atoms with Gasteiger partial charge in [0.15, 0.2) is 0 Å².